The molecule has 3 aromatic rings. The lowest BCUT2D eigenvalue weighted by atomic mass is 9.86. The third kappa shape index (κ3) is 4.50. The Labute approximate surface area is 205 Å². The highest BCUT2D eigenvalue weighted by atomic mass is 32.3. The molecule has 0 aromatic heterocycles. The van der Waals surface area contributed by atoms with Crippen molar-refractivity contribution < 1.29 is 17.9 Å². The summed E-state index contributed by atoms with van der Waals surface area (Å²) < 4.78 is 40.8. The van der Waals surface area contributed by atoms with E-state index in [1.807, 2.05) is 18.2 Å². The van der Waals surface area contributed by atoms with Gasteiger partial charge in [0.2, 0.25) is 0 Å². The average molecular weight is 495 g/mol. The number of nitrogens with one attached hydrogen (secondary N) is 1. The number of hydrogen-bond acceptors (Lipinski definition) is 2. The van der Waals surface area contributed by atoms with E-state index in [0.29, 0.717) is 22.9 Å². The Morgan fingerprint density at radius 3 is 2.37 bits per heavy atom. The summed E-state index contributed by atoms with van der Waals surface area (Å²) in [7, 11) is -4.40. The second kappa shape index (κ2) is 8.88. The van der Waals surface area contributed by atoms with Crippen LogP contribution in [0.15, 0.2) is 77.7 Å². The number of para-hydroxylation sites is 1. The molecule has 0 spiro atoms. The molecule has 0 saturated heterocycles. The van der Waals surface area contributed by atoms with Gasteiger partial charge in [-0.25, -0.2) is 4.39 Å². The minimum Gasteiger partial charge on any atom is -0.348 e. The van der Waals surface area contributed by atoms with Crippen molar-refractivity contribution in [3.05, 3.63) is 95.3 Å². The predicted molar refractivity (Wildman–Crippen MR) is 137 cm³/mol. The predicted octanol–water partition coefficient (Wildman–Crippen LogP) is 5.75. The first kappa shape index (κ1) is 23.7. The van der Waals surface area contributed by atoms with Gasteiger partial charge in [-0.3, -0.25) is 13.7 Å². The van der Waals surface area contributed by atoms with Crippen LogP contribution in [0.25, 0.3) is 0 Å². The number of carbonyl (C=O) groups is 1. The zero-order valence-corrected chi connectivity index (χ0v) is 20.6. The molecule has 0 radical (unpaired) electrons. The van der Waals surface area contributed by atoms with Gasteiger partial charge in [-0.15, -0.1) is 9.53 Å². The van der Waals surface area contributed by atoms with Crippen LogP contribution in [0.1, 0.15) is 53.1 Å². The summed E-state index contributed by atoms with van der Waals surface area (Å²) in [6, 6.07) is 20.2. The smallest absolute Gasteiger partial charge is 0.251 e. The van der Waals surface area contributed by atoms with Gasteiger partial charge in [-0.1, -0.05) is 43.2 Å². The third-order valence-electron chi connectivity index (χ3n) is 7.48. The lowest BCUT2D eigenvalue weighted by Crippen LogP contribution is -2.49. The maximum Gasteiger partial charge on any atom is 0.251 e. The van der Waals surface area contributed by atoms with Crippen molar-refractivity contribution >= 4 is 21.1 Å². The molecule has 1 aliphatic carbocycles. The fourth-order valence-corrected chi connectivity index (χ4v) is 7.67. The number of halogens is 1. The number of anilines is 1. The highest BCUT2D eigenvalue weighted by molar-refractivity contribution is 8.15. The number of rotatable bonds is 6. The molecular weight excluding hydrogens is 463 g/mol. The van der Waals surface area contributed by atoms with Gasteiger partial charge in [0.25, 0.3) is 5.91 Å². The number of carbonyl (C=O) groups excluding carboxylic acids is 1. The van der Waals surface area contributed by atoms with Crippen molar-refractivity contribution in [1.29, 1.82) is 0 Å². The van der Waals surface area contributed by atoms with Crippen LogP contribution in [0.5, 0.6) is 0 Å². The zero-order chi connectivity index (χ0) is 24.7. The monoisotopic (exact) mass is 494 g/mol. The van der Waals surface area contributed by atoms with E-state index in [-0.39, 0.29) is 24.2 Å². The highest BCUT2D eigenvalue weighted by Crippen LogP contribution is 2.51. The van der Waals surface area contributed by atoms with Crippen LogP contribution in [-0.2, 0) is 16.1 Å². The minimum absolute atomic E-state index is 0.252. The Kier molecular flexibility index (Phi) is 6.01. The first-order chi connectivity index (χ1) is 16.7. The summed E-state index contributed by atoms with van der Waals surface area (Å²) in [6.07, 6.45) is 6.18. The van der Waals surface area contributed by atoms with E-state index < -0.39 is 9.53 Å². The van der Waals surface area contributed by atoms with E-state index in [0.717, 1.165) is 29.7 Å². The Morgan fingerprint density at radius 1 is 1.03 bits per heavy atom. The van der Waals surface area contributed by atoms with Crippen LogP contribution < -0.4 is 9.62 Å². The first-order valence-electron chi connectivity index (χ1n) is 12.1. The van der Waals surface area contributed by atoms with E-state index in [1.165, 1.54) is 31.2 Å². The van der Waals surface area contributed by atoms with Crippen molar-refractivity contribution in [2.24, 2.45) is 5.92 Å². The maximum atomic E-state index is 14.3. The SMILES string of the molecule is CS(=O)(O)(c1ccc(C(=O)NCc2ccc(F)cc2)cc1)N1CC(C2CCCC2)c2ccccc21. The second-order valence-electron chi connectivity index (χ2n) is 9.84. The number of hydrogen-bond donors (Lipinski definition) is 2. The summed E-state index contributed by atoms with van der Waals surface area (Å²) in [4.78, 5) is 12.9. The van der Waals surface area contributed by atoms with Gasteiger partial charge in [0, 0.05) is 30.8 Å². The molecule has 1 saturated carbocycles. The molecule has 5 rings (SSSR count). The molecule has 1 heterocycles. The molecule has 1 aliphatic heterocycles. The normalized spacial score (nSPS) is 19.2. The van der Waals surface area contributed by atoms with Gasteiger partial charge >= 0.3 is 0 Å². The van der Waals surface area contributed by atoms with Crippen molar-refractivity contribution in [1.82, 2.24) is 5.32 Å². The fraction of sp³-hybridized carbons (Fsp3) is 0.321. The number of amides is 1. The topological polar surface area (TPSA) is 69.6 Å². The number of nitrogens with zero attached hydrogens (tertiary/aromatic N) is 1. The molecule has 2 N–H and O–H groups in total. The van der Waals surface area contributed by atoms with Gasteiger partial charge in [-0.2, -0.15) is 4.21 Å². The zero-order valence-electron chi connectivity index (χ0n) is 19.8. The van der Waals surface area contributed by atoms with Crippen molar-refractivity contribution in [2.45, 2.75) is 43.0 Å². The van der Waals surface area contributed by atoms with Crippen LogP contribution in [0, 0.1) is 11.7 Å². The Balaban J connectivity index is 1.36. The first-order valence-corrected chi connectivity index (χ1v) is 14.4. The molecule has 1 fully saturated rings. The molecule has 1 atom stereocenters. The van der Waals surface area contributed by atoms with Crippen LogP contribution in [0.4, 0.5) is 10.1 Å². The average Bonchev–Trinajstić information content (AvgIpc) is 3.52. The quantitative estimate of drug-likeness (QED) is 0.459. The molecular formula is C28H31FN2O3S. The van der Waals surface area contributed by atoms with Crippen molar-refractivity contribution in [3.63, 3.8) is 0 Å². The summed E-state index contributed by atoms with van der Waals surface area (Å²) >= 11 is 0. The lowest BCUT2D eigenvalue weighted by molar-refractivity contribution is 0.0951. The third-order valence-corrected chi connectivity index (χ3v) is 10.2. The number of benzene rings is 3. The summed E-state index contributed by atoms with van der Waals surface area (Å²) in [5.74, 6) is 0.164. The van der Waals surface area contributed by atoms with Gasteiger partial charge in [0.1, 0.15) is 5.82 Å². The Hall–Kier alpha value is -3.03. The lowest BCUT2D eigenvalue weighted by Gasteiger charge is -2.48. The van der Waals surface area contributed by atoms with Crippen LogP contribution >= 0.6 is 0 Å². The van der Waals surface area contributed by atoms with Gasteiger partial charge < -0.3 is 5.32 Å². The largest absolute Gasteiger partial charge is 0.348 e. The van der Waals surface area contributed by atoms with Crippen molar-refractivity contribution in [3.8, 4) is 0 Å². The van der Waals surface area contributed by atoms with E-state index in [1.54, 1.807) is 40.7 Å². The van der Waals surface area contributed by atoms with E-state index in [4.69, 9.17) is 0 Å². The van der Waals surface area contributed by atoms with Gasteiger partial charge in [-0.05, 0) is 72.4 Å². The summed E-state index contributed by atoms with van der Waals surface area (Å²) in [5.41, 5.74) is 3.16. The van der Waals surface area contributed by atoms with Gasteiger partial charge in [0.05, 0.1) is 10.6 Å². The van der Waals surface area contributed by atoms with Gasteiger partial charge in [0.15, 0.2) is 0 Å². The molecule has 5 nitrogen and oxygen atoms in total. The maximum absolute atomic E-state index is 14.3. The molecule has 7 heteroatoms. The molecule has 0 bridgehead atoms. The van der Waals surface area contributed by atoms with E-state index in [2.05, 4.69) is 11.4 Å². The summed E-state index contributed by atoms with van der Waals surface area (Å²) in [5, 5.41) is 2.80. The minimum atomic E-state index is -4.40. The van der Waals surface area contributed by atoms with Crippen LogP contribution in [-0.4, -0.2) is 27.5 Å². The number of fused-ring (bicyclic) bond motifs is 1. The Bertz CT molecular complexity index is 1290. The molecule has 184 valence electrons. The Morgan fingerprint density at radius 2 is 1.69 bits per heavy atom. The second-order valence-corrected chi connectivity index (χ2v) is 13.2. The van der Waals surface area contributed by atoms with Crippen LogP contribution in [0.3, 0.4) is 0 Å². The highest BCUT2D eigenvalue weighted by Gasteiger charge is 2.43. The molecule has 3 aromatic carbocycles. The molecule has 1 amide bonds. The standard InChI is InChI=1S/C28H31FN2O3S/c1-35(33,34,31-19-26(21-6-2-3-7-21)25-8-4-5-9-27(25)31)24-16-12-22(13-17-24)28(32)30-18-20-10-14-23(29)15-11-20/h4-5,8-17,21,26H,2-3,6-7,18-19H2,1H3,(H,30,32)(H,33,34). The molecule has 1 unspecified atom stereocenters. The fourth-order valence-electron chi connectivity index (χ4n) is 5.51. The molecule has 35 heavy (non-hydrogen) atoms. The molecule has 2 aliphatic rings. The van der Waals surface area contributed by atoms with Crippen molar-refractivity contribution in [2.75, 3.05) is 17.1 Å². The summed E-state index contributed by atoms with van der Waals surface area (Å²) in [6.45, 7) is 0.781. The van der Waals surface area contributed by atoms with E-state index >= 15 is 0 Å². The van der Waals surface area contributed by atoms with E-state index in [9.17, 15) is 17.9 Å². The van der Waals surface area contributed by atoms with Crippen LogP contribution in [0.2, 0.25) is 0 Å².